The van der Waals surface area contributed by atoms with E-state index >= 15 is 0 Å². The van der Waals surface area contributed by atoms with Gasteiger partial charge in [-0.3, -0.25) is 0 Å². The van der Waals surface area contributed by atoms with E-state index in [0.29, 0.717) is 0 Å². The first kappa shape index (κ1) is 12.0. The summed E-state index contributed by atoms with van der Waals surface area (Å²) in [4.78, 5) is 1.30. The lowest BCUT2D eigenvalue weighted by atomic mass is 10.2. The summed E-state index contributed by atoms with van der Waals surface area (Å²) in [6, 6.07) is 4.21. The van der Waals surface area contributed by atoms with Crippen LogP contribution in [0.2, 0.25) is 0 Å². The fourth-order valence-electron chi connectivity index (χ4n) is 1.20. The van der Waals surface area contributed by atoms with Gasteiger partial charge in [0.15, 0.2) is 0 Å². The molecule has 0 saturated carbocycles. The first-order chi connectivity index (χ1) is 7.36. The Labute approximate surface area is 96.7 Å². The molecule has 0 saturated heterocycles. The van der Waals surface area contributed by atoms with E-state index in [-0.39, 0.29) is 0 Å². The van der Waals surface area contributed by atoms with Gasteiger partial charge in [-0.05, 0) is 36.4 Å². The second kappa shape index (κ2) is 7.24. The smallest absolute Gasteiger partial charge is 0.0270 e. The fourth-order valence-corrected chi connectivity index (χ4v) is 1.82. The monoisotopic (exact) mass is 218 g/mol. The van der Waals surface area contributed by atoms with E-state index in [1.165, 1.54) is 16.9 Å². The zero-order valence-electron chi connectivity index (χ0n) is 9.44. The molecule has 0 fully saturated rings. The van der Waals surface area contributed by atoms with Crippen LogP contribution < -0.4 is 0 Å². The molecule has 0 amide bonds. The summed E-state index contributed by atoms with van der Waals surface area (Å²) in [6.45, 7) is 4.27. The van der Waals surface area contributed by atoms with Crippen molar-refractivity contribution in [1.82, 2.24) is 0 Å². The highest BCUT2D eigenvalue weighted by Crippen LogP contribution is 2.12. The number of hydrogen-bond acceptors (Lipinski definition) is 1. The van der Waals surface area contributed by atoms with Crippen LogP contribution in [0.3, 0.4) is 0 Å². The van der Waals surface area contributed by atoms with Gasteiger partial charge in [0.05, 0.1) is 0 Å². The SMILES string of the molecule is CC=C(/C=C\CCC)/C=C/c1cccs1. The molecule has 0 radical (unpaired) electrons. The third-order valence-electron chi connectivity index (χ3n) is 2.08. The van der Waals surface area contributed by atoms with Gasteiger partial charge in [0, 0.05) is 4.88 Å². The van der Waals surface area contributed by atoms with Crippen molar-refractivity contribution in [3.8, 4) is 0 Å². The maximum atomic E-state index is 2.23. The Morgan fingerprint density at radius 1 is 1.40 bits per heavy atom. The molecule has 80 valence electrons. The van der Waals surface area contributed by atoms with Gasteiger partial charge in [0.2, 0.25) is 0 Å². The van der Waals surface area contributed by atoms with Gasteiger partial charge in [-0.1, -0.05) is 43.7 Å². The van der Waals surface area contributed by atoms with Crippen molar-refractivity contribution in [3.63, 3.8) is 0 Å². The number of rotatable bonds is 5. The average Bonchev–Trinajstić information content (AvgIpc) is 2.76. The van der Waals surface area contributed by atoms with Crippen molar-refractivity contribution in [2.75, 3.05) is 0 Å². The predicted molar refractivity (Wildman–Crippen MR) is 71.2 cm³/mol. The van der Waals surface area contributed by atoms with Crippen LogP contribution in [0.25, 0.3) is 6.08 Å². The zero-order chi connectivity index (χ0) is 10.9. The number of hydrogen-bond donors (Lipinski definition) is 0. The molecule has 0 atom stereocenters. The summed E-state index contributed by atoms with van der Waals surface area (Å²) in [5, 5.41) is 2.10. The van der Waals surface area contributed by atoms with Crippen LogP contribution in [0.4, 0.5) is 0 Å². The molecule has 1 heteroatoms. The minimum absolute atomic E-state index is 1.16. The van der Waals surface area contributed by atoms with Gasteiger partial charge >= 0.3 is 0 Å². The van der Waals surface area contributed by atoms with Crippen LogP contribution in [-0.2, 0) is 0 Å². The largest absolute Gasteiger partial charge is 0.144 e. The van der Waals surface area contributed by atoms with Gasteiger partial charge in [-0.2, -0.15) is 0 Å². The maximum absolute atomic E-state index is 2.23. The molecule has 1 aromatic rings. The predicted octanol–water partition coefficient (Wildman–Crippen LogP) is 5.06. The Kier molecular flexibility index (Phi) is 5.79. The Balaban J connectivity index is 2.55. The first-order valence-corrected chi connectivity index (χ1v) is 6.29. The van der Waals surface area contributed by atoms with Crippen LogP contribution in [0.15, 0.2) is 47.4 Å². The lowest BCUT2D eigenvalue weighted by molar-refractivity contribution is 0.958. The van der Waals surface area contributed by atoms with Gasteiger partial charge in [-0.15, -0.1) is 11.3 Å². The Bertz CT molecular complexity index is 339. The van der Waals surface area contributed by atoms with Crippen LogP contribution >= 0.6 is 11.3 Å². The van der Waals surface area contributed by atoms with Crippen LogP contribution in [0.5, 0.6) is 0 Å². The van der Waals surface area contributed by atoms with Crippen molar-refractivity contribution in [1.29, 1.82) is 0 Å². The third-order valence-corrected chi connectivity index (χ3v) is 2.92. The van der Waals surface area contributed by atoms with Gasteiger partial charge in [-0.25, -0.2) is 0 Å². The maximum Gasteiger partial charge on any atom is 0.0270 e. The minimum atomic E-state index is 1.16. The molecule has 0 N–H and O–H groups in total. The topological polar surface area (TPSA) is 0 Å². The van der Waals surface area contributed by atoms with E-state index in [9.17, 15) is 0 Å². The van der Waals surface area contributed by atoms with Gasteiger partial charge < -0.3 is 0 Å². The summed E-state index contributed by atoms with van der Waals surface area (Å²) >= 11 is 1.77. The molecule has 15 heavy (non-hydrogen) atoms. The summed E-state index contributed by atoms with van der Waals surface area (Å²) in [5.41, 5.74) is 1.27. The molecule has 0 unspecified atom stereocenters. The molecule has 0 bridgehead atoms. The van der Waals surface area contributed by atoms with Crippen molar-refractivity contribution in [3.05, 3.63) is 52.3 Å². The van der Waals surface area contributed by atoms with E-state index in [1.54, 1.807) is 11.3 Å². The normalized spacial score (nSPS) is 13.1. The van der Waals surface area contributed by atoms with Crippen molar-refractivity contribution in [2.45, 2.75) is 26.7 Å². The number of allylic oxidation sites excluding steroid dienone is 5. The lowest BCUT2D eigenvalue weighted by Gasteiger charge is -1.91. The second-order valence-electron chi connectivity index (χ2n) is 3.33. The molecule has 1 heterocycles. The molecule has 1 rings (SSSR count). The molecule has 0 spiro atoms. The van der Waals surface area contributed by atoms with E-state index in [4.69, 9.17) is 0 Å². The van der Waals surface area contributed by atoms with Crippen molar-refractivity contribution in [2.24, 2.45) is 0 Å². The number of thiophene rings is 1. The fraction of sp³-hybridized carbons (Fsp3) is 0.286. The number of unbranched alkanes of at least 4 members (excludes halogenated alkanes) is 1. The molecule has 0 aromatic carbocycles. The molecule has 0 aliphatic carbocycles. The van der Waals surface area contributed by atoms with E-state index in [1.807, 2.05) is 0 Å². The Morgan fingerprint density at radius 2 is 2.27 bits per heavy atom. The Morgan fingerprint density at radius 3 is 2.87 bits per heavy atom. The Hall–Kier alpha value is -1.08. The molecule has 0 aliphatic heterocycles. The molecule has 1 aromatic heterocycles. The van der Waals surface area contributed by atoms with Crippen LogP contribution in [-0.4, -0.2) is 0 Å². The van der Waals surface area contributed by atoms with E-state index in [2.05, 4.69) is 61.7 Å². The quantitative estimate of drug-likeness (QED) is 0.606. The minimum Gasteiger partial charge on any atom is -0.144 e. The van der Waals surface area contributed by atoms with E-state index in [0.717, 1.165) is 6.42 Å². The van der Waals surface area contributed by atoms with Crippen molar-refractivity contribution >= 4 is 17.4 Å². The average molecular weight is 218 g/mol. The molecule has 0 aliphatic rings. The molecular weight excluding hydrogens is 200 g/mol. The van der Waals surface area contributed by atoms with E-state index < -0.39 is 0 Å². The standard InChI is InChI=1S/C14H18S/c1-3-5-6-8-13(4-2)10-11-14-9-7-12-15-14/h4,6-12H,3,5H2,1-2H3/b8-6-,11-10+,13-4?. The highest BCUT2D eigenvalue weighted by Gasteiger charge is 1.87. The van der Waals surface area contributed by atoms with Crippen LogP contribution in [0.1, 0.15) is 31.6 Å². The first-order valence-electron chi connectivity index (χ1n) is 5.41. The zero-order valence-corrected chi connectivity index (χ0v) is 10.3. The van der Waals surface area contributed by atoms with Gasteiger partial charge in [0.25, 0.3) is 0 Å². The summed E-state index contributed by atoms with van der Waals surface area (Å²) < 4.78 is 0. The van der Waals surface area contributed by atoms with Crippen molar-refractivity contribution < 1.29 is 0 Å². The highest BCUT2D eigenvalue weighted by molar-refractivity contribution is 7.10. The highest BCUT2D eigenvalue weighted by atomic mass is 32.1. The molecular formula is C14H18S. The summed E-state index contributed by atoms with van der Waals surface area (Å²) in [6.07, 6.45) is 13.2. The van der Waals surface area contributed by atoms with Crippen LogP contribution in [0, 0.1) is 0 Å². The van der Waals surface area contributed by atoms with Gasteiger partial charge in [0.1, 0.15) is 0 Å². The third kappa shape index (κ3) is 4.80. The lowest BCUT2D eigenvalue weighted by Crippen LogP contribution is -1.70. The summed E-state index contributed by atoms with van der Waals surface area (Å²) in [5.74, 6) is 0. The second-order valence-corrected chi connectivity index (χ2v) is 4.31. The molecule has 0 nitrogen and oxygen atoms in total. The summed E-state index contributed by atoms with van der Waals surface area (Å²) in [7, 11) is 0.